The second kappa shape index (κ2) is 4.35. The number of aromatic hydroxyl groups is 2. The van der Waals surface area contributed by atoms with Crippen LogP contribution in [0.15, 0.2) is 16.6 Å². The van der Waals surface area contributed by atoms with Crippen molar-refractivity contribution in [3.05, 3.63) is 28.0 Å². The SMILES string of the molecule is [2H]C([2H])([2H])Oc1c(C#N)c(F)c(Br)c2cc(O)cc(O)c12. The van der Waals surface area contributed by atoms with E-state index in [4.69, 9.17) is 9.37 Å². The molecule has 0 unspecified atom stereocenters. The maximum atomic E-state index is 14.1. The molecule has 0 amide bonds. The lowest BCUT2D eigenvalue weighted by molar-refractivity contribution is 0.410. The van der Waals surface area contributed by atoms with Gasteiger partial charge < -0.3 is 14.9 Å². The molecule has 6 heteroatoms. The number of hydrogen-bond acceptors (Lipinski definition) is 4. The third-order valence-corrected chi connectivity index (χ3v) is 3.19. The Bertz CT molecular complexity index is 786. The van der Waals surface area contributed by atoms with Crippen LogP contribution in [0.4, 0.5) is 4.39 Å². The van der Waals surface area contributed by atoms with E-state index in [2.05, 4.69) is 20.7 Å². The number of benzene rings is 2. The molecule has 2 rings (SSSR count). The van der Waals surface area contributed by atoms with E-state index in [1.54, 1.807) is 0 Å². The Morgan fingerprint density at radius 1 is 1.50 bits per heavy atom. The van der Waals surface area contributed by atoms with Gasteiger partial charge in [0.05, 0.1) is 21.0 Å². The van der Waals surface area contributed by atoms with Crippen molar-refractivity contribution in [2.24, 2.45) is 0 Å². The van der Waals surface area contributed by atoms with Gasteiger partial charge in [-0.25, -0.2) is 4.39 Å². The van der Waals surface area contributed by atoms with Gasteiger partial charge in [-0.3, -0.25) is 0 Å². The van der Waals surface area contributed by atoms with Gasteiger partial charge in [0.25, 0.3) is 0 Å². The smallest absolute Gasteiger partial charge is 0.159 e. The zero-order valence-corrected chi connectivity index (χ0v) is 10.2. The summed E-state index contributed by atoms with van der Waals surface area (Å²) in [7, 11) is -2.94. The Morgan fingerprint density at radius 3 is 2.83 bits per heavy atom. The predicted octanol–water partition coefficient (Wildman–Crippen LogP) is 3.03. The molecule has 0 fully saturated rings. The second-order valence-electron chi connectivity index (χ2n) is 3.43. The van der Waals surface area contributed by atoms with Gasteiger partial charge in [-0.1, -0.05) is 0 Å². The average Bonchev–Trinajstić information content (AvgIpc) is 2.33. The fraction of sp³-hybridized carbons (Fsp3) is 0.0833. The first-order chi connectivity index (χ1) is 9.65. The predicted molar refractivity (Wildman–Crippen MR) is 66.2 cm³/mol. The summed E-state index contributed by atoms with van der Waals surface area (Å²) >= 11 is 2.91. The number of nitriles is 1. The molecular formula is C12H7BrFNO3. The second-order valence-corrected chi connectivity index (χ2v) is 4.23. The van der Waals surface area contributed by atoms with Crippen LogP contribution in [0.1, 0.15) is 9.68 Å². The summed E-state index contributed by atoms with van der Waals surface area (Å²) in [5.41, 5.74) is -0.661. The Hall–Kier alpha value is -2.00. The Labute approximate surface area is 114 Å². The molecule has 0 saturated heterocycles. The zero-order valence-electron chi connectivity index (χ0n) is 11.7. The number of phenolic OH excluding ortho intramolecular Hbond substituents is 2. The van der Waals surface area contributed by atoms with Gasteiger partial charge in [-0.2, -0.15) is 5.26 Å². The molecule has 0 aliphatic heterocycles. The van der Waals surface area contributed by atoms with E-state index in [9.17, 15) is 14.6 Å². The Kier molecular flexibility index (Phi) is 2.17. The summed E-state index contributed by atoms with van der Waals surface area (Å²) in [6, 6.07) is 3.55. The first-order valence-corrected chi connectivity index (χ1v) is 5.40. The quantitative estimate of drug-likeness (QED) is 0.848. The minimum atomic E-state index is -2.94. The summed E-state index contributed by atoms with van der Waals surface area (Å²) in [6.07, 6.45) is 0. The van der Waals surface area contributed by atoms with Crippen LogP contribution in [-0.2, 0) is 0 Å². The fourth-order valence-electron chi connectivity index (χ4n) is 1.68. The molecule has 2 N–H and O–H groups in total. The Morgan fingerprint density at radius 2 is 2.22 bits per heavy atom. The lowest BCUT2D eigenvalue weighted by Gasteiger charge is -2.12. The van der Waals surface area contributed by atoms with Crippen LogP contribution < -0.4 is 4.74 Å². The van der Waals surface area contributed by atoms with Crippen molar-refractivity contribution >= 4 is 26.7 Å². The van der Waals surface area contributed by atoms with E-state index in [-0.39, 0.29) is 21.0 Å². The highest BCUT2D eigenvalue weighted by molar-refractivity contribution is 9.10. The van der Waals surface area contributed by atoms with Crippen molar-refractivity contribution in [2.75, 3.05) is 7.04 Å². The highest BCUT2D eigenvalue weighted by atomic mass is 79.9. The van der Waals surface area contributed by atoms with Crippen molar-refractivity contribution < 1.29 is 23.5 Å². The summed E-state index contributed by atoms with van der Waals surface area (Å²) < 4.78 is 39.9. The standard InChI is InChI=1S/C12H7BrFNO3/c1-18-12-7(4-15)11(14)10(13)6-2-5(16)3-8(17)9(6)12/h2-3,16-17H,1H3/i1D3. The van der Waals surface area contributed by atoms with E-state index in [1.807, 2.05) is 0 Å². The number of methoxy groups -OCH3 is 1. The summed E-state index contributed by atoms with van der Waals surface area (Å²) in [5.74, 6) is -2.55. The maximum Gasteiger partial charge on any atom is 0.159 e. The third kappa shape index (κ3) is 1.64. The van der Waals surface area contributed by atoms with E-state index in [0.717, 1.165) is 12.1 Å². The molecule has 0 bridgehead atoms. The number of hydrogen-bond donors (Lipinski definition) is 2. The topological polar surface area (TPSA) is 73.5 Å². The van der Waals surface area contributed by atoms with Gasteiger partial charge in [-0.05, 0) is 22.0 Å². The molecule has 0 aliphatic rings. The number of phenols is 2. The lowest BCUT2D eigenvalue weighted by atomic mass is 10.0. The van der Waals surface area contributed by atoms with Gasteiger partial charge in [0.15, 0.2) is 11.6 Å². The molecule has 0 saturated carbocycles. The van der Waals surface area contributed by atoms with Crippen molar-refractivity contribution in [3.8, 4) is 23.3 Å². The fourth-order valence-corrected chi connectivity index (χ4v) is 2.19. The van der Waals surface area contributed by atoms with Crippen LogP contribution in [-0.4, -0.2) is 17.3 Å². The summed E-state index contributed by atoms with van der Waals surface area (Å²) in [5, 5.41) is 28.2. The van der Waals surface area contributed by atoms with Crippen molar-refractivity contribution in [1.82, 2.24) is 0 Å². The molecule has 0 heterocycles. The van der Waals surface area contributed by atoms with E-state index in [1.165, 1.54) is 6.07 Å². The van der Waals surface area contributed by atoms with Gasteiger partial charge in [-0.15, -0.1) is 0 Å². The number of halogens is 2. The van der Waals surface area contributed by atoms with Crippen LogP contribution in [0.3, 0.4) is 0 Å². The number of rotatable bonds is 1. The average molecular weight is 315 g/mol. The molecule has 92 valence electrons. The van der Waals surface area contributed by atoms with Crippen LogP contribution in [0.25, 0.3) is 10.8 Å². The molecule has 0 spiro atoms. The molecule has 0 atom stereocenters. The maximum absolute atomic E-state index is 14.1. The zero-order chi connectivity index (χ0) is 15.9. The van der Waals surface area contributed by atoms with Crippen LogP contribution in [0, 0.1) is 17.1 Å². The minimum Gasteiger partial charge on any atom is -0.508 e. The largest absolute Gasteiger partial charge is 0.508 e. The van der Waals surface area contributed by atoms with Crippen LogP contribution in [0.2, 0.25) is 0 Å². The summed E-state index contributed by atoms with van der Waals surface area (Å²) in [6.45, 7) is 0. The van der Waals surface area contributed by atoms with E-state index < -0.39 is 29.9 Å². The number of nitrogens with zero attached hydrogens (tertiary/aromatic N) is 1. The molecule has 0 aromatic heterocycles. The third-order valence-electron chi connectivity index (χ3n) is 2.42. The van der Waals surface area contributed by atoms with E-state index in [0.29, 0.717) is 0 Å². The molecule has 0 radical (unpaired) electrons. The molecular weight excluding hydrogens is 305 g/mol. The normalized spacial score (nSPS) is 13.5. The molecule has 2 aromatic carbocycles. The van der Waals surface area contributed by atoms with Gasteiger partial charge >= 0.3 is 0 Å². The molecule has 2 aromatic rings. The van der Waals surface area contributed by atoms with Crippen molar-refractivity contribution in [3.63, 3.8) is 0 Å². The van der Waals surface area contributed by atoms with Crippen LogP contribution >= 0.6 is 15.9 Å². The molecule has 0 aliphatic carbocycles. The van der Waals surface area contributed by atoms with Gasteiger partial charge in [0, 0.05) is 11.5 Å². The number of ether oxygens (including phenoxy) is 1. The number of fused-ring (bicyclic) bond motifs is 1. The van der Waals surface area contributed by atoms with Crippen molar-refractivity contribution in [2.45, 2.75) is 0 Å². The lowest BCUT2D eigenvalue weighted by Crippen LogP contribution is -1.96. The van der Waals surface area contributed by atoms with Gasteiger partial charge in [0.2, 0.25) is 0 Å². The molecule has 18 heavy (non-hydrogen) atoms. The highest BCUT2D eigenvalue weighted by Gasteiger charge is 2.21. The first-order valence-electron chi connectivity index (χ1n) is 6.11. The van der Waals surface area contributed by atoms with E-state index >= 15 is 0 Å². The Balaban J connectivity index is 2.99. The highest BCUT2D eigenvalue weighted by Crippen LogP contribution is 2.43. The minimum absolute atomic E-state index is 0.0248. The first kappa shape index (κ1) is 9.00. The monoisotopic (exact) mass is 314 g/mol. The van der Waals surface area contributed by atoms with Gasteiger partial charge in [0.1, 0.15) is 23.1 Å². The van der Waals surface area contributed by atoms with Crippen LogP contribution in [0.5, 0.6) is 17.2 Å². The summed E-state index contributed by atoms with van der Waals surface area (Å²) in [4.78, 5) is 0. The molecule has 4 nitrogen and oxygen atoms in total. The van der Waals surface area contributed by atoms with Crippen molar-refractivity contribution in [1.29, 1.82) is 5.26 Å².